The highest BCUT2D eigenvalue weighted by atomic mass is 16.6. The smallest absolute Gasteiger partial charge is 0.343 e. The highest BCUT2D eigenvalue weighted by Gasteiger charge is 2.22. The molecule has 2 aromatic carbocycles. The minimum Gasteiger partial charge on any atom is -0.422 e. The Labute approximate surface area is 183 Å². The molecular weight excluding hydrogens is 414 g/mol. The van der Waals surface area contributed by atoms with E-state index in [0.717, 1.165) is 5.56 Å². The van der Waals surface area contributed by atoms with E-state index in [1.165, 1.54) is 24.7 Å². The number of rotatable bonds is 7. The van der Waals surface area contributed by atoms with Gasteiger partial charge in [-0.2, -0.15) is 10.2 Å². The maximum Gasteiger partial charge on any atom is 0.343 e. The van der Waals surface area contributed by atoms with Crippen LogP contribution in [-0.2, 0) is 11.3 Å². The first-order valence-electron chi connectivity index (χ1n) is 9.64. The molecule has 0 fully saturated rings. The molecule has 0 spiro atoms. The van der Waals surface area contributed by atoms with Crippen molar-refractivity contribution >= 4 is 23.8 Å². The number of nitro groups is 1. The fraction of sp³-hybridized carbons (Fsp3) is 0.182. The molecule has 0 radical (unpaired) electrons. The van der Waals surface area contributed by atoms with Gasteiger partial charge in [-0.25, -0.2) is 10.2 Å². The second-order valence-electron chi connectivity index (χ2n) is 7.02. The Bertz CT molecular complexity index is 1200. The maximum absolute atomic E-state index is 12.4. The third-order valence-corrected chi connectivity index (χ3v) is 4.62. The first kappa shape index (κ1) is 22.3. The Kier molecular flexibility index (Phi) is 6.74. The minimum absolute atomic E-state index is 0.120. The van der Waals surface area contributed by atoms with Crippen LogP contribution in [0.15, 0.2) is 53.6 Å². The fourth-order valence-corrected chi connectivity index (χ4v) is 2.98. The Morgan fingerprint density at radius 1 is 1.16 bits per heavy atom. The molecule has 1 heterocycles. The summed E-state index contributed by atoms with van der Waals surface area (Å²) in [6, 6.07) is 13.7. The quantitative estimate of drug-likeness (QED) is 0.200. The summed E-state index contributed by atoms with van der Waals surface area (Å²) in [5.41, 5.74) is 4.65. The zero-order valence-corrected chi connectivity index (χ0v) is 17.7. The Hall–Kier alpha value is -4.34. The number of nitrogens with one attached hydrogen (secondary N) is 1. The normalized spacial score (nSPS) is 10.8. The van der Waals surface area contributed by atoms with Crippen molar-refractivity contribution in [1.29, 1.82) is 0 Å². The number of nitrogens with zero attached hydrogens (tertiary/aromatic N) is 4. The van der Waals surface area contributed by atoms with E-state index < -0.39 is 16.8 Å². The first-order chi connectivity index (χ1) is 15.3. The van der Waals surface area contributed by atoms with Gasteiger partial charge in [-0.15, -0.1) is 0 Å². The topological polar surface area (TPSA) is 129 Å². The van der Waals surface area contributed by atoms with Gasteiger partial charge in [-0.3, -0.25) is 19.6 Å². The summed E-state index contributed by atoms with van der Waals surface area (Å²) in [5, 5.41) is 19.0. The highest BCUT2D eigenvalue weighted by molar-refractivity contribution is 5.93. The van der Waals surface area contributed by atoms with Crippen LogP contribution in [0.3, 0.4) is 0 Å². The summed E-state index contributed by atoms with van der Waals surface area (Å²) in [6.45, 7) is 4.72. The highest BCUT2D eigenvalue weighted by Crippen LogP contribution is 2.21. The number of para-hydroxylation sites is 1. The van der Waals surface area contributed by atoms with Crippen molar-refractivity contribution in [3.63, 3.8) is 0 Å². The number of hydrogen-bond donors (Lipinski definition) is 1. The molecule has 0 aliphatic heterocycles. The van der Waals surface area contributed by atoms with Crippen LogP contribution < -0.4 is 10.2 Å². The molecule has 32 heavy (non-hydrogen) atoms. The van der Waals surface area contributed by atoms with Crippen LogP contribution in [0, 0.1) is 30.9 Å². The number of esters is 1. The molecule has 10 nitrogen and oxygen atoms in total. The minimum atomic E-state index is -0.529. The third kappa shape index (κ3) is 5.22. The number of hydrogen-bond acceptors (Lipinski definition) is 7. The van der Waals surface area contributed by atoms with Gasteiger partial charge >= 0.3 is 11.7 Å². The molecule has 3 aromatic rings. The lowest BCUT2D eigenvalue weighted by Crippen LogP contribution is -2.24. The van der Waals surface area contributed by atoms with Gasteiger partial charge < -0.3 is 4.74 Å². The van der Waals surface area contributed by atoms with Gasteiger partial charge in [0.15, 0.2) is 0 Å². The molecular formula is C22H21N5O5. The Balaban J connectivity index is 1.65. The van der Waals surface area contributed by atoms with E-state index in [1.54, 1.807) is 36.4 Å². The molecule has 3 rings (SSSR count). The lowest BCUT2D eigenvalue weighted by Gasteiger charge is -2.07. The van der Waals surface area contributed by atoms with Crippen LogP contribution in [0.5, 0.6) is 5.75 Å². The predicted octanol–water partition coefficient (Wildman–Crippen LogP) is 3.09. The molecule has 0 unspecified atom stereocenters. The van der Waals surface area contributed by atoms with Crippen molar-refractivity contribution in [3.05, 3.63) is 86.7 Å². The molecule has 0 atom stereocenters. The van der Waals surface area contributed by atoms with Crippen molar-refractivity contribution in [3.8, 4) is 5.75 Å². The number of aryl methyl sites for hydroxylation is 2. The summed E-state index contributed by atoms with van der Waals surface area (Å²) in [7, 11) is 0. The largest absolute Gasteiger partial charge is 0.422 e. The molecule has 0 saturated heterocycles. The molecule has 10 heteroatoms. The van der Waals surface area contributed by atoms with Gasteiger partial charge in [0.1, 0.15) is 23.7 Å². The first-order valence-corrected chi connectivity index (χ1v) is 9.64. The SMILES string of the molecule is Cc1ccc(C(=O)Oc2ccccc2/C=N/NC(=O)Cn2nc(C)c([N+](=O)[O-])c2C)cc1. The number of aromatic nitrogens is 2. The van der Waals surface area contributed by atoms with Crippen LogP contribution in [0.25, 0.3) is 0 Å². The van der Waals surface area contributed by atoms with E-state index >= 15 is 0 Å². The van der Waals surface area contributed by atoms with E-state index in [1.807, 2.05) is 19.1 Å². The number of amides is 1. The van der Waals surface area contributed by atoms with Crippen molar-refractivity contribution in [2.45, 2.75) is 27.3 Å². The van der Waals surface area contributed by atoms with Crippen LogP contribution in [-0.4, -0.2) is 32.8 Å². The van der Waals surface area contributed by atoms with Crippen molar-refractivity contribution in [1.82, 2.24) is 15.2 Å². The van der Waals surface area contributed by atoms with Crippen LogP contribution in [0.2, 0.25) is 0 Å². The van der Waals surface area contributed by atoms with Gasteiger partial charge in [0.2, 0.25) is 0 Å². The number of carbonyl (C=O) groups is 2. The van der Waals surface area contributed by atoms with Gasteiger partial charge in [-0.1, -0.05) is 29.8 Å². The molecule has 0 saturated carbocycles. The maximum atomic E-state index is 12.4. The third-order valence-electron chi connectivity index (χ3n) is 4.62. The zero-order chi connectivity index (χ0) is 23.3. The Morgan fingerprint density at radius 3 is 2.50 bits per heavy atom. The molecule has 1 N–H and O–H groups in total. The van der Waals surface area contributed by atoms with E-state index in [0.29, 0.717) is 11.1 Å². The van der Waals surface area contributed by atoms with Gasteiger partial charge in [0, 0.05) is 5.56 Å². The number of carbonyl (C=O) groups excluding carboxylic acids is 2. The van der Waals surface area contributed by atoms with Gasteiger partial charge in [0.25, 0.3) is 5.91 Å². The van der Waals surface area contributed by atoms with Crippen molar-refractivity contribution in [2.24, 2.45) is 5.10 Å². The lowest BCUT2D eigenvalue weighted by molar-refractivity contribution is -0.386. The van der Waals surface area contributed by atoms with Gasteiger partial charge in [0.05, 0.1) is 16.7 Å². The van der Waals surface area contributed by atoms with Crippen molar-refractivity contribution in [2.75, 3.05) is 0 Å². The standard InChI is InChI=1S/C22H21N5O5/c1-14-8-10-17(11-9-14)22(29)32-19-7-5-4-6-18(19)12-23-24-20(28)13-26-16(3)21(27(30)31)15(2)25-26/h4-12H,13H2,1-3H3,(H,24,28)/b23-12+. The van der Waals surface area contributed by atoms with Crippen LogP contribution in [0.1, 0.15) is 32.9 Å². The fourth-order valence-electron chi connectivity index (χ4n) is 2.98. The lowest BCUT2D eigenvalue weighted by atomic mass is 10.1. The summed E-state index contributed by atoms with van der Waals surface area (Å²) < 4.78 is 6.70. The molecule has 0 aliphatic carbocycles. The van der Waals surface area contributed by atoms with E-state index in [4.69, 9.17) is 4.74 Å². The molecule has 0 bridgehead atoms. The number of benzene rings is 2. The van der Waals surface area contributed by atoms with Crippen LogP contribution in [0.4, 0.5) is 5.69 Å². The number of ether oxygens (including phenoxy) is 1. The predicted molar refractivity (Wildman–Crippen MR) is 117 cm³/mol. The second-order valence-corrected chi connectivity index (χ2v) is 7.02. The van der Waals surface area contributed by atoms with E-state index in [9.17, 15) is 19.7 Å². The molecule has 1 amide bonds. The number of hydrazone groups is 1. The second kappa shape index (κ2) is 9.65. The van der Waals surface area contributed by atoms with Crippen LogP contribution >= 0.6 is 0 Å². The van der Waals surface area contributed by atoms with Gasteiger partial charge in [-0.05, 0) is 45.0 Å². The summed E-state index contributed by atoms with van der Waals surface area (Å²) in [4.78, 5) is 35.1. The molecule has 1 aromatic heterocycles. The molecule has 164 valence electrons. The monoisotopic (exact) mass is 435 g/mol. The Morgan fingerprint density at radius 2 is 1.84 bits per heavy atom. The van der Waals surface area contributed by atoms with E-state index in [2.05, 4.69) is 15.6 Å². The molecule has 0 aliphatic rings. The summed E-state index contributed by atoms with van der Waals surface area (Å²) in [5.74, 6) is -0.748. The average molecular weight is 435 g/mol. The average Bonchev–Trinajstić information content (AvgIpc) is 3.02. The zero-order valence-electron chi connectivity index (χ0n) is 17.7. The summed E-state index contributed by atoms with van der Waals surface area (Å²) in [6.07, 6.45) is 1.35. The summed E-state index contributed by atoms with van der Waals surface area (Å²) >= 11 is 0. The van der Waals surface area contributed by atoms with E-state index in [-0.39, 0.29) is 29.4 Å². The van der Waals surface area contributed by atoms with Crippen molar-refractivity contribution < 1.29 is 19.2 Å².